The normalized spacial score (nSPS) is 12.1. The molecule has 3 aromatic heterocycles. The van der Waals surface area contributed by atoms with E-state index in [0.29, 0.717) is 12.4 Å². The van der Waals surface area contributed by atoms with Crippen LogP contribution < -0.4 is 10.5 Å². The lowest BCUT2D eigenvalue weighted by Crippen LogP contribution is -2.31. The Labute approximate surface area is 145 Å². The van der Waals surface area contributed by atoms with Crippen LogP contribution in [0.5, 0.6) is 5.88 Å². The average molecular weight is 336 g/mol. The first kappa shape index (κ1) is 15.7. The van der Waals surface area contributed by atoms with E-state index in [2.05, 4.69) is 10.1 Å². The number of aromatic nitrogens is 3. The molecule has 0 bridgehead atoms. The molecule has 0 atom stereocenters. The number of imidazole rings is 1. The number of nitrogens with two attached hydrogens (primary N) is 1. The minimum absolute atomic E-state index is 0.379. The molecule has 3 heterocycles. The smallest absolute Gasteiger partial charge is 0.232 e. The summed E-state index contributed by atoms with van der Waals surface area (Å²) in [4.78, 5) is 4.40. The Bertz CT molecular complexity index is 999. The first-order valence-corrected chi connectivity index (χ1v) is 8.28. The van der Waals surface area contributed by atoms with Crippen molar-refractivity contribution in [3.63, 3.8) is 0 Å². The molecule has 0 aliphatic carbocycles. The van der Waals surface area contributed by atoms with Crippen molar-refractivity contribution < 1.29 is 9.15 Å². The van der Waals surface area contributed by atoms with Crippen molar-refractivity contribution >= 4 is 16.6 Å². The number of para-hydroxylation sites is 1. The van der Waals surface area contributed by atoms with E-state index in [4.69, 9.17) is 14.9 Å². The van der Waals surface area contributed by atoms with Crippen molar-refractivity contribution in [1.82, 2.24) is 14.6 Å². The van der Waals surface area contributed by atoms with Gasteiger partial charge in [-0.05, 0) is 45.0 Å². The lowest BCUT2D eigenvalue weighted by atomic mass is 10.1. The molecule has 128 valence electrons. The van der Waals surface area contributed by atoms with Crippen LogP contribution in [0, 0.1) is 0 Å². The van der Waals surface area contributed by atoms with Gasteiger partial charge in [-0.3, -0.25) is 0 Å². The van der Waals surface area contributed by atoms with Crippen molar-refractivity contribution in [2.24, 2.45) is 5.73 Å². The zero-order valence-electron chi connectivity index (χ0n) is 14.3. The topological polar surface area (TPSA) is 78.6 Å². The molecule has 6 heteroatoms. The van der Waals surface area contributed by atoms with Gasteiger partial charge >= 0.3 is 0 Å². The second-order valence-electron chi connectivity index (χ2n) is 6.63. The van der Waals surface area contributed by atoms with Crippen molar-refractivity contribution in [2.45, 2.75) is 25.9 Å². The van der Waals surface area contributed by atoms with Gasteiger partial charge in [-0.15, -0.1) is 5.10 Å². The van der Waals surface area contributed by atoms with Gasteiger partial charge in [0.1, 0.15) is 16.9 Å². The second-order valence-corrected chi connectivity index (χ2v) is 6.63. The molecule has 25 heavy (non-hydrogen) atoms. The second kappa shape index (κ2) is 5.89. The Morgan fingerprint density at radius 2 is 2.04 bits per heavy atom. The number of nitrogens with zero attached hydrogens (tertiary/aromatic N) is 3. The standard InChI is InChI=1S/C19H20N4O2/c1-19(2,9-10-20)25-18-8-7-17-21-12-14(23(17)22-18)16-11-13-5-3-4-6-15(13)24-16/h3-8,11-12H,9-10,20H2,1-2H3. The quantitative estimate of drug-likeness (QED) is 0.602. The molecule has 2 N–H and O–H groups in total. The van der Waals surface area contributed by atoms with Crippen LogP contribution in [0.2, 0.25) is 0 Å². The van der Waals surface area contributed by atoms with Gasteiger partial charge in [0.25, 0.3) is 0 Å². The van der Waals surface area contributed by atoms with Crippen LogP contribution in [0.4, 0.5) is 0 Å². The van der Waals surface area contributed by atoms with E-state index in [-0.39, 0.29) is 5.60 Å². The fraction of sp³-hybridized carbons (Fsp3) is 0.263. The summed E-state index contributed by atoms with van der Waals surface area (Å²) in [6.07, 6.45) is 2.50. The first-order valence-electron chi connectivity index (χ1n) is 8.28. The van der Waals surface area contributed by atoms with Gasteiger partial charge in [0.2, 0.25) is 5.88 Å². The first-order chi connectivity index (χ1) is 12.1. The van der Waals surface area contributed by atoms with Crippen molar-refractivity contribution in [1.29, 1.82) is 0 Å². The van der Waals surface area contributed by atoms with E-state index in [1.165, 1.54) is 0 Å². The minimum Gasteiger partial charge on any atom is -0.471 e. The van der Waals surface area contributed by atoms with Crippen molar-refractivity contribution in [3.05, 3.63) is 48.7 Å². The van der Waals surface area contributed by atoms with Crippen LogP contribution in [0.1, 0.15) is 20.3 Å². The molecule has 0 spiro atoms. The van der Waals surface area contributed by atoms with Gasteiger partial charge in [-0.25, -0.2) is 9.50 Å². The van der Waals surface area contributed by atoms with E-state index in [1.54, 1.807) is 10.7 Å². The highest BCUT2D eigenvalue weighted by Crippen LogP contribution is 2.28. The summed E-state index contributed by atoms with van der Waals surface area (Å²) in [5, 5.41) is 5.63. The highest BCUT2D eigenvalue weighted by atomic mass is 16.5. The van der Waals surface area contributed by atoms with Gasteiger partial charge in [-0.2, -0.15) is 0 Å². The number of hydrogen-bond donors (Lipinski definition) is 1. The predicted molar refractivity (Wildman–Crippen MR) is 96.6 cm³/mol. The molecule has 0 saturated heterocycles. The number of hydrogen-bond acceptors (Lipinski definition) is 5. The van der Waals surface area contributed by atoms with Gasteiger partial charge in [0, 0.05) is 11.5 Å². The highest BCUT2D eigenvalue weighted by molar-refractivity contribution is 5.82. The average Bonchev–Trinajstić information content (AvgIpc) is 3.17. The number of ether oxygens (including phenoxy) is 1. The summed E-state index contributed by atoms with van der Waals surface area (Å²) in [6.45, 7) is 4.56. The number of fused-ring (bicyclic) bond motifs is 2. The highest BCUT2D eigenvalue weighted by Gasteiger charge is 2.20. The molecule has 0 fully saturated rings. The number of rotatable bonds is 5. The van der Waals surface area contributed by atoms with Crippen LogP contribution in [0.3, 0.4) is 0 Å². The summed E-state index contributed by atoms with van der Waals surface area (Å²) in [6, 6.07) is 13.6. The van der Waals surface area contributed by atoms with Gasteiger partial charge in [0.15, 0.2) is 11.4 Å². The van der Waals surface area contributed by atoms with Crippen molar-refractivity contribution in [2.75, 3.05) is 6.54 Å². The molecule has 6 nitrogen and oxygen atoms in total. The molecular formula is C19H20N4O2. The lowest BCUT2D eigenvalue weighted by Gasteiger charge is -2.24. The summed E-state index contributed by atoms with van der Waals surface area (Å²) in [5.74, 6) is 1.25. The zero-order valence-corrected chi connectivity index (χ0v) is 14.3. The predicted octanol–water partition coefficient (Wildman–Crippen LogP) is 3.65. The third-order valence-electron chi connectivity index (χ3n) is 4.14. The molecule has 4 rings (SSSR count). The summed E-state index contributed by atoms with van der Waals surface area (Å²) < 4.78 is 13.7. The number of benzene rings is 1. The van der Waals surface area contributed by atoms with E-state index < -0.39 is 0 Å². The molecule has 0 saturated carbocycles. The fourth-order valence-corrected chi connectivity index (χ4v) is 2.87. The molecule has 1 aromatic carbocycles. The van der Waals surface area contributed by atoms with Crippen LogP contribution in [0.15, 0.2) is 53.1 Å². The van der Waals surface area contributed by atoms with Crippen LogP contribution in [0.25, 0.3) is 28.1 Å². The largest absolute Gasteiger partial charge is 0.471 e. The van der Waals surface area contributed by atoms with Crippen LogP contribution in [-0.2, 0) is 0 Å². The van der Waals surface area contributed by atoms with Gasteiger partial charge in [0.05, 0.1) is 6.20 Å². The third-order valence-corrected chi connectivity index (χ3v) is 4.14. The molecule has 0 aliphatic rings. The maximum absolute atomic E-state index is 6.00. The summed E-state index contributed by atoms with van der Waals surface area (Å²) >= 11 is 0. The summed E-state index contributed by atoms with van der Waals surface area (Å²) in [7, 11) is 0. The van der Waals surface area contributed by atoms with E-state index in [0.717, 1.165) is 34.5 Å². The molecule has 4 aromatic rings. The lowest BCUT2D eigenvalue weighted by molar-refractivity contribution is 0.0945. The number of furan rings is 1. The Balaban J connectivity index is 1.76. The summed E-state index contributed by atoms with van der Waals surface area (Å²) in [5.41, 5.74) is 7.63. The van der Waals surface area contributed by atoms with Gasteiger partial charge in [-0.1, -0.05) is 18.2 Å². The van der Waals surface area contributed by atoms with Gasteiger partial charge < -0.3 is 14.9 Å². The SMILES string of the molecule is CC(C)(CCN)Oc1ccc2ncc(-c3cc4ccccc4o3)n2n1. The molecule has 0 aliphatic heterocycles. The van der Waals surface area contributed by atoms with Crippen LogP contribution in [-0.4, -0.2) is 26.7 Å². The Kier molecular flexibility index (Phi) is 3.69. The molecule has 0 amide bonds. The van der Waals surface area contributed by atoms with E-state index in [9.17, 15) is 0 Å². The zero-order chi connectivity index (χ0) is 17.4. The monoisotopic (exact) mass is 336 g/mol. The Hall–Kier alpha value is -2.86. The van der Waals surface area contributed by atoms with E-state index >= 15 is 0 Å². The van der Waals surface area contributed by atoms with E-state index in [1.807, 2.05) is 56.3 Å². The minimum atomic E-state index is -0.379. The van der Waals surface area contributed by atoms with Crippen LogP contribution >= 0.6 is 0 Å². The third kappa shape index (κ3) is 2.96. The molecular weight excluding hydrogens is 316 g/mol. The maximum atomic E-state index is 6.00. The maximum Gasteiger partial charge on any atom is 0.232 e. The fourth-order valence-electron chi connectivity index (χ4n) is 2.87. The molecule has 0 radical (unpaired) electrons. The van der Waals surface area contributed by atoms with Crippen molar-refractivity contribution in [3.8, 4) is 17.3 Å². The Morgan fingerprint density at radius 1 is 1.20 bits per heavy atom. The molecule has 0 unspecified atom stereocenters. The Morgan fingerprint density at radius 3 is 2.84 bits per heavy atom.